The van der Waals surface area contributed by atoms with Crippen LogP contribution in [0.4, 0.5) is 5.13 Å². The van der Waals surface area contributed by atoms with Gasteiger partial charge >= 0.3 is 16.3 Å². The number of ketones is 1. The van der Waals surface area contributed by atoms with Crippen molar-refractivity contribution in [3.63, 3.8) is 0 Å². The molecule has 1 aromatic rings. The van der Waals surface area contributed by atoms with Gasteiger partial charge in [-0.1, -0.05) is 11.6 Å². The van der Waals surface area contributed by atoms with Crippen molar-refractivity contribution in [3.05, 3.63) is 11.1 Å². The van der Waals surface area contributed by atoms with Crippen LogP contribution < -0.4 is 5.73 Å². The maximum Gasteiger partial charge on any atom is 0.364 e. The Labute approximate surface area is 223 Å². The fourth-order valence-electron chi connectivity index (χ4n) is 3.99. The van der Waals surface area contributed by atoms with Crippen molar-refractivity contribution >= 4 is 56.6 Å². The molecule has 2 aliphatic rings. The molecule has 14 nitrogen and oxygen atoms in total. The molecule has 0 aromatic carbocycles. The molecule has 1 saturated carbocycles. The third-order valence-electron chi connectivity index (χ3n) is 6.35. The van der Waals surface area contributed by atoms with Crippen LogP contribution in [0.25, 0.3) is 0 Å². The topological polar surface area (TPSA) is 194 Å². The fraction of sp³-hybridized carbons (Fsp3) is 0.636. The van der Waals surface area contributed by atoms with Gasteiger partial charge in [-0.3, -0.25) is 23.4 Å². The van der Waals surface area contributed by atoms with Crippen molar-refractivity contribution in [1.82, 2.24) is 9.29 Å². The number of β-lactam (4-membered cyclic amide) rings is 1. The average molecular weight is 575 g/mol. The minimum Gasteiger partial charge on any atom is -0.465 e. The van der Waals surface area contributed by atoms with Crippen LogP contribution >= 0.6 is 11.3 Å². The molecule has 1 saturated heterocycles. The van der Waals surface area contributed by atoms with Gasteiger partial charge in [0.25, 0.3) is 12.3 Å². The SMILES string of the molecule is CCOC(=O)C1(COS(=O)(=O)N2C(=O)[C@@H](CC(=O)/C(=N/OC(C)(C)OC=O)c3csc(N)n3)[C@@H]2C)CCC1. The lowest BCUT2D eigenvalue weighted by Crippen LogP contribution is -2.62. The number of carbonyl (C=O) groups excluding carboxylic acids is 4. The van der Waals surface area contributed by atoms with E-state index in [1.54, 1.807) is 6.92 Å². The van der Waals surface area contributed by atoms with E-state index in [2.05, 4.69) is 10.1 Å². The van der Waals surface area contributed by atoms with Gasteiger partial charge in [0.05, 0.1) is 30.6 Å². The smallest absolute Gasteiger partial charge is 0.364 e. The summed E-state index contributed by atoms with van der Waals surface area (Å²) in [5.74, 6) is -4.54. The minimum absolute atomic E-state index is 0.0800. The molecule has 1 aliphatic carbocycles. The summed E-state index contributed by atoms with van der Waals surface area (Å²) in [6, 6.07) is -0.908. The van der Waals surface area contributed by atoms with Crippen molar-refractivity contribution < 1.29 is 46.1 Å². The minimum atomic E-state index is -4.52. The molecule has 2 fully saturated rings. The largest absolute Gasteiger partial charge is 0.465 e. The summed E-state index contributed by atoms with van der Waals surface area (Å²) in [5, 5.41) is 5.40. The second kappa shape index (κ2) is 11.3. The van der Waals surface area contributed by atoms with E-state index in [0.29, 0.717) is 17.1 Å². The van der Waals surface area contributed by atoms with Gasteiger partial charge in [0.15, 0.2) is 16.6 Å². The predicted molar refractivity (Wildman–Crippen MR) is 133 cm³/mol. The number of aromatic nitrogens is 1. The number of ether oxygens (including phenoxy) is 2. The summed E-state index contributed by atoms with van der Waals surface area (Å²) < 4.78 is 41.1. The van der Waals surface area contributed by atoms with Crippen molar-refractivity contribution in [2.75, 3.05) is 18.9 Å². The number of rotatable bonds is 14. The number of esters is 1. The Hall–Kier alpha value is -3.11. The number of Topliss-reactive ketones (excluding diaryl/α,β-unsaturated/α-hetero) is 1. The summed E-state index contributed by atoms with van der Waals surface area (Å²) in [6.07, 6.45) is 1.15. The lowest BCUT2D eigenvalue weighted by molar-refractivity contribution is -0.203. The summed E-state index contributed by atoms with van der Waals surface area (Å²) in [5.41, 5.74) is 4.41. The van der Waals surface area contributed by atoms with Gasteiger partial charge in [0.1, 0.15) is 5.69 Å². The maximum atomic E-state index is 13.1. The van der Waals surface area contributed by atoms with Crippen molar-refractivity contribution in [3.8, 4) is 0 Å². The molecule has 1 amide bonds. The zero-order valence-electron chi connectivity index (χ0n) is 21.4. The van der Waals surface area contributed by atoms with Gasteiger partial charge < -0.3 is 20.0 Å². The summed E-state index contributed by atoms with van der Waals surface area (Å²) in [7, 11) is -4.52. The number of hydrogen-bond acceptors (Lipinski definition) is 14. The quantitative estimate of drug-likeness (QED) is 0.0833. The normalized spacial score (nSPS) is 21.2. The van der Waals surface area contributed by atoms with Gasteiger partial charge in [-0.2, -0.15) is 8.42 Å². The number of amides is 1. The van der Waals surface area contributed by atoms with Gasteiger partial charge in [-0.05, 0) is 26.7 Å². The van der Waals surface area contributed by atoms with Gasteiger partial charge in [-0.25, -0.2) is 9.29 Å². The summed E-state index contributed by atoms with van der Waals surface area (Å²) in [6.45, 7) is 5.75. The molecular formula is C22H30N4O10S2. The van der Waals surface area contributed by atoms with E-state index in [1.807, 2.05) is 0 Å². The first-order valence-electron chi connectivity index (χ1n) is 11.8. The number of nitrogens with zero attached hydrogens (tertiary/aromatic N) is 3. The molecule has 2 heterocycles. The van der Waals surface area contributed by atoms with E-state index in [0.717, 1.165) is 17.8 Å². The number of carbonyl (C=O) groups is 4. The Bertz CT molecular complexity index is 1220. The average Bonchev–Trinajstić information content (AvgIpc) is 3.22. The van der Waals surface area contributed by atoms with Crippen LogP contribution in [0.2, 0.25) is 0 Å². The molecule has 0 spiro atoms. The Balaban J connectivity index is 1.70. The second-order valence-electron chi connectivity index (χ2n) is 9.40. The Morgan fingerprint density at radius 3 is 2.55 bits per heavy atom. The predicted octanol–water partition coefficient (Wildman–Crippen LogP) is 1.16. The number of thiazole rings is 1. The van der Waals surface area contributed by atoms with E-state index < -0.39 is 64.2 Å². The van der Waals surface area contributed by atoms with E-state index in [-0.39, 0.29) is 29.6 Å². The molecule has 38 heavy (non-hydrogen) atoms. The first-order valence-corrected chi connectivity index (χ1v) is 14.0. The Morgan fingerprint density at radius 1 is 1.37 bits per heavy atom. The molecule has 210 valence electrons. The van der Waals surface area contributed by atoms with Gasteiger partial charge in [-0.15, -0.1) is 11.3 Å². The van der Waals surface area contributed by atoms with Crippen molar-refractivity contribution in [2.24, 2.45) is 16.5 Å². The Morgan fingerprint density at radius 2 is 2.05 bits per heavy atom. The zero-order chi connectivity index (χ0) is 28.3. The number of nitrogens with two attached hydrogens (primary N) is 1. The second-order valence-corrected chi connectivity index (χ2v) is 11.8. The highest BCUT2D eigenvalue weighted by Crippen LogP contribution is 2.43. The highest BCUT2D eigenvalue weighted by molar-refractivity contribution is 7.85. The highest BCUT2D eigenvalue weighted by atomic mass is 32.2. The molecule has 0 bridgehead atoms. The number of oxime groups is 1. The van der Waals surface area contributed by atoms with Crippen LogP contribution in [-0.4, -0.2) is 72.6 Å². The van der Waals surface area contributed by atoms with Crippen LogP contribution in [0.15, 0.2) is 10.5 Å². The van der Waals surface area contributed by atoms with Crippen LogP contribution in [0, 0.1) is 11.3 Å². The van der Waals surface area contributed by atoms with E-state index in [9.17, 15) is 27.6 Å². The first kappa shape index (κ1) is 29.4. The monoisotopic (exact) mass is 574 g/mol. The zero-order valence-corrected chi connectivity index (χ0v) is 23.0. The maximum absolute atomic E-state index is 13.1. The fourth-order valence-corrected chi connectivity index (χ4v) is 5.93. The molecule has 0 unspecified atom stereocenters. The van der Waals surface area contributed by atoms with E-state index >= 15 is 0 Å². The number of hydrogen-bond donors (Lipinski definition) is 1. The standard InChI is InChI=1S/C22H30N4O10S2/c1-5-33-19(30)22(7-6-8-22)11-35-38(31,32)26-13(2)14(18(26)29)9-16(28)17(15-10-37-20(23)24-15)25-36-21(3,4)34-12-27/h10,12-14H,5-9,11H2,1-4H3,(H2,23,24)/b25-17+/t13-,14-/m0/s1. The van der Waals surface area contributed by atoms with Gasteiger partial charge in [0.2, 0.25) is 5.91 Å². The molecule has 2 atom stereocenters. The van der Waals surface area contributed by atoms with Crippen LogP contribution in [0.1, 0.15) is 59.1 Å². The summed E-state index contributed by atoms with van der Waals surface area (Å²) >= 11 is 1.04. The van der Waals surface area contributed by atoms with Crippen molar-refractivity contribution in [1.29, 1.82) is 0 Å². The van der Waals surface area contributed by atoms with Crippen molar-refractivity contribution in [2.45, 2.75) is 65.2 Å². The molecule has 2 N–H and O–H groups in total. The number of anilines is 1. The molecule has 3 rings (SSSR count). The lowest BCUT2D eigenvalue weighted by Gasteiger charge is -2.44. The third-order valence-corrected chi connectivity index (χ3v) is 8.44. The third kappa shape index (κ3) is 6.13. The lowest BCUT2D eigenvalue weighted by atomic mass is 9.69. The first-order chi connectivity index (χ1) is 17.8. The van der Waals surface area contributed by atoms with Crippen LogP contribution in [-0.2, 0) is 48.0 Å². The molecule has 16 heteroatoms. The van der Waals surface area contributed by atoms with Crippen LogP contribution in [0.5, 0.6) is 0 Å². The van der Waals surface area contributed by atoms with Crippen LogP contribution in [0.3, 0.4) is 0 Å². The summed E-state index contributed by atoms with van der Waals surface area (Å²) in [4.78, 5) is 58.1. The Kier molecular flexibility index (Phi) is 8.78. The number of nitrogen functional groups attached to an aromatic ring is 1. The molecule has 1 aromatic heterocycles. The molecule has 0 radical (unpaired) electrons. The van der Waals surface area contributed by atoms with Gasteiger partial charge in [0, 0.05) is 25.6 Å². The van der Waals surface area contributed by atoms with E-state index in [1.165, 1.54) is 26.2 Å². The molecule has 1 aliphatic heterocycles. The molecular weight excluding hydrogens is 544 g/mol. The highest BCUT2D eigenvalue weighted by Gasteiger charge is 2.54. The van der Waals surface area contributed by atoms with E-state index in [4.69, 9.17) is 24.2 Å².